The lowest BCUT2D eigenvalue weighted by Crippen LogP contribution is -2.30. The van der Waals surface area contributed by atoms with Crippen LogP contribution in [-0.4, -0.2) is 36.1 Å². The topological polar surface area (TPSA) is 39.1 Å². The molecule has 0 bridgehead atoms. The van der Waals surface area contributed by atoms with Crippen molar-refractivity contribution in [2.75, 3.05) is 26.3 Å². The van der Waals surface area contributed by atoms with E-state index in [-0.39, 0.29) is 0 Å². The van der Waals surface area contributed by atoms with Crippen LogP contribution in [0.25, 0.3) is 0 Å². The number of hydrogen-bond donors (Lipinski definition) is 1. The van der Waals surface area contributed by atoms with Gasteiger partial charge in [0.15, 0.2) is 0 Å². The molecule has 1 saturated heterocycles. The highest BCUT2D eigenvalue weighted by Gasteiger charge is 2.12. The number of aromatic nitrogens is 2. The summed E-state index contributed by atoms with van der Waals surface area (Å²) >= 11 is 0. The lowest BCUT2D eigenvalue weighted by Gasteiger charge is -2.22. The van der Waals surface area contributed by atoms with Gasteiger partial charge in [-0.3, -0.25) is 4.68 Å². The molecule has 1 aliphatic rings. The van der Waals surface area contributed by atoms with Gasteiger partial charge in [0.2, 0.25) is 0 Å². The predicted octanol–water partition coefficient (Wildman–Crippen LogP) is 1.37. The Kier molecular flexibility index (Phi) is 5.01. The van der Waals surface area contributed by atoms with Gasteiger partial charge in [-0.25, -0.2) is 0 Å². The minimum atomic E-state index is 0.811. The van der Waals surface area contributed by atoms with Crippen molar-refractivity contribution in [3.63, 3.8) is 0 Å². The van der Waals surface area contributed by atoms with Gasteiger partial charge in [0.25, 0.3) is 0 Å². The summed E-state index contributed by atoms with van der Waals surface area (Å²) in [6.45, 7) is 4.07. The van der Waals surface area contributed by atoms with Crippen molar-refractivity contribution in [2.24, 2.45) is 13.0 Å². The highest BCUT2D eigenvalue weighted by molar-refractivity contribution is 5.03. The van der Waals surface area contributed by atoms with Gasteiger partial charge < -0.3 is 10.1 Å². The number of nitrogens with one attached hydrogen (secondary N) is 1. The molecular weight excluding hydrogens is 214 g/mol. The summed E-state index contributed by atoms with van der Waals surface area (Å²) in [5.74, 6) is 0.821. The summed E-state index contributed by atoms with van der Waals surface area (Å²) in [6.07, 6.45) is 8.80. The standard InChI is InChI=1S/C13H23N3O/c1-16-11-13(10-15-16)5-8-17-7-4-12-3-2-6-14-9-12/h10-12,14H,2-9H2,1H3. The van der Waals surface area contributed by atoms with Crippen molar-refractivity contribution in [3.05, 3.63) is 18.0 Å². The highest BCUT2D eigenvalue weighted by atomic mass is 16.5. The minimum Gasteiger partial charge on any atom is -0.381 e. The van der Waals surface area contributed by atoms with E-state index in [0.717, 1.165) is 25.6 Å². The number of ether oxygens (including phenoxy) is 1. The van der Waals surface area contributed by atoms with Crippen molar-refractivity contribution < 1.29 is 4.74 Å². The first kappa shape index (κ1) is 12.6. The van der Waals surface area contributed by atoms with Crippen LogP contribution in [0.5, 0.6) is 0 Å². The second kappa shape index (κ2) is 6.77. The second-order valence-corrected chi connectivity index (χ2v) is 4.89. The zero-order valence-electron chi connectivity index (χ0n) is 10.7. The van der Waals surface area contributed by atoms with Gasteiger partial charge >= 0.3 is 0 Å². The first-order valence-electron chi connectivity index (χ1n) is 6.60. The summed E-state index contributed by atoms with van der Waals surface area (Å²) in [5.41, 5.74) is 1.26. The molecule has 17 heavy (non-hydrogen) atoms. The molecule has 4 nitrogen and oxygen atoms in total. The van der Waals surface area contributed by atoms with E-state index in [2.05, 4.69) is 16.6 Å². The monoisotopic (exact) mass is 237 g/mol. The average Bonchev–Trinajstić information content (AvgIpc) is 2.76. The third kappa shape index (κ3) is 4.48. The second-order valence-electron chi connectivity index (χ2n) is 4.89. The molecule has 0 saturated carbocycles. The SMILES string of the molecule is Cn1cc(CCOCCC2CCCNC2)cn1. The van der Waals surface area contributed by atoms with Crippen LogP contribution in [0.4, 0.5) is 0 Å². The van der Waals surface area contributed by atoms with Crippen LogP contribution in [0, 0.1) is 5.92 Å². The van der Waals surface area contributed by atoms with Crippen LogP contribution in [0.3, 0.4) is 0 Å². The molecule has 1 N–H and O–H groups in total. The van der Waals surface area contributed by atoms with E-state index in [1.54, 1.807) is 0 Å². The predicted molar refractivity (Wildman–Crippen MR) is 67.9 cm³/mol. The maximum atomic E-state index is 5.68. The van der Waals surface area contributed by atoms with Crippen LogP contribution in [0.2, 0.25) is 0 Å². The number of nitrogens with zero attached hydrogens (tertiary/aromatic N) is 2. The molecular formula is C13H23N3O. The third-order valence-electron chi connectivity index (χ3n) is 3.36. The Labute approximate surface area is 103 Å². The van der Waals surface area contributed by atoms with E-state index < -0.39 is 0 Å². The smallest absolute Gasteiger partial charge is 0.0522 e. The lowest BCUT2D eigenvalue weighted by atomic mass is 9.97. The molecule has 96 valence electrons. The number of piperidine rings is 1. The zero-order chi connectivity index (χ0) is 11.9. The average molecular weight is 237 g/mol. The maximum absolute atomic E-state index is 5.68. The Balaban J connectivity index is 1.51. The highest BCUT2D eigenvalue weighted by Crippen LogP contribution is 2.13. The Hall–Kier alpha value is -0.870. The lowest BCUT2D eigenvalue weighted by molar-refractivity contribution is 0.118. The summed E-state index contributed by atoms with van der Waals surface area (Å²) in [7, 11) is 1.94. The molecule has 0 amide bonds. The fourth-order valence-corrected chi connectivity index (χ4v) is 2.31. The third-order valence-corrected chi connectivity index (χ3v) is 3.36. The van der Waals surface area contributed by atoms with E-state index in [4.69, 9.17) is 4.74 Å². The molecule has 2 rings (SSSR count). The van der Waals surface area contributed by atoms with Crippen molar-refractivity contribution in [3.8, 4) is 0 Å². The van der Waals surface area contributed by atoms with Crippen LogP contribution in [0.1, 0.15) is 24.8 Å². The first-order valence-corrected chi connectivity index (χ1v) is 6.60. The van der Waals surface area contributed by atoms with Crippen LogP contribution in [-0.2, 0) is 18.2 Å². The molecule has 0 spiro atoms. The van der Waals surface area contributed by atoms with Crippen LogP contribution >= 0.6 is 0 Å². The number of hydrogen-bond acceptors (Lipinski definition) is 3. The molecule has 0 aromatic carbocycles. The van der Waals surface area contributed by atoms with Gasteiger partial charge in [-0.05, 0) is 50.3 Å². The molecule has 1 aromatic heterocycles. The van der Waals surface area contributed by atoms with Gasteiger partial charge in [-0.15, -0.1) is 0 Å². The Morgan fingerprint density at radius 1 is 1.53 bits per heavy atom. The minimum absolute atomic E-state index is 0.811. The van der Waals surface area contributed by atoms with E-state index >= 15 is 0 Å². The summed E-state index contributed by atoms with van der Waals surface area (Å²) < 4.78 is 7.52. The summed E-state index contributed by atoms with van der Waals surface area (Å²) in [6, 6.07) is 0. The summed E-state index contributed by atoms with van der Waals surface area (Å²) in [5, 5.41) is 7.58. The van der Waals surface area contributed by atoms with Gasteiger partial charge in [0.1, 0.15) is 0 Å². The van der Waals surface area contributed by atoms with E-state index in [0.29, 0.717) is 0 Å². The van der Waals surface area contributed by atoms with E-state index in [9.17, 15) is 0 Å². The quantitative estimate of drug-likeness (QED) is 0.760. The zero-order valence-corrected chi connectivity index (χ0v) is 10.7. The van der Waals surface area contributed by atoms with Gasteiger partial charge in [-0.2, -0.15) is 5.10 Å². The van der Waals surface area contributed by atoms with Crippen molar-refractivity contribution >= 4 is 0 Å². The van der Waals surface area contributed by atoms with E-state index in [1.165, 1.54) is 37.9 Å². The van der Waals surface area contributed by atoms with Crippen LogP contribution < -0.4 is 5.32 Å². The van der Waals surface area contributed by atoms with Crippen LogP contribution in [0.15, 0.2) is 12.4 Å². The van der Waals surface area contributed by atoms with Crippen molar-refractivity contribution in [1.29, 1.82) is 0 Å². The molecule has 1 atom stereocenters. The Bertz CT molecular complexity index is 318. The molecule has 1 aliphatic heterocycles. The number of rotatable bonds is 6. The first-order chi connectivity index (χ1) is 8.34. The van der Waals surface area contributed by atoms with Gasteiger partial charge in [-0.1, -0.05) is 0 Å². The van der Waals surface area contributed by atoms with Gasteiger partial charge in [0.05, 0.1) is 12.8 Å². The fourth-order valence-electron chi connectivity index (χ4n) is 2.31. The van der Waals surface area contributed by atoms with E-state index in [1.807, 2.05) is 17.9 Å². The van der Waals surface area contributed by atoms with Crippen molar-refractivity contribution in [1.82, 2.24) is 15.1 Å². The largest absolute Gasteiger partial charge is 0.381 e. The molecule has 0 aliphatic carbocycles. The normalized spacial score (nSPS) is 20.6. The molecule has 4 heteroatoms. The Morgan fingerprint density at radius 3 is 3.18 bits per heavy atom. The van der Waals surface area contributed by atoms with Crippen molar-refractivity contribution in [2.45, 2.75) is 25.7 Å². The number of aryl methyl sites for hydroxylation is 1. The molecule has 2 heterocycles. The molecule has 0 radical (unpaired) electrons. The summed E-state index contributed by atoms with van der Waals surface area (Å²) in [4.78, 5) is 0. The Morgan fingerprint density at radius 2 is 2.47 bits per heavy atom. The fraction of sp³-hybridized carbons (Fsp3) is 0.769. The van der Waals surface area contributed by atoms with Gasteiger partial charge in [0, 0.05) is 19.9 Å². The molecule has 1 aromatic rings. The molecule has 1 unspecified atom stereocenters. The maximum Gasteiger partial charge on any atom is 0.0522 e. The molecule has 1 fully saturated rings.